The standard InChI is InChI=1S/C23H25ClN2O4S/c1-5-11-31-23-25-18(12-15-7-9-20(30-6-2)21(13-15)29-4)22(27)26(23)16-8-10-19(28-3)17(24)14-16/h7-10,12-14H,5-6,11H2,1-4H3/b18-12-. The molecule has 0 spiro atoms. The maximum absolute atomic E-state index is 13.3. The second-order valence-electron chi connectivity index (χ2n) is 6.58. The number of carbonyl (C=O) groups excluding carboxylic acids is 1. The zero-order valence-corrected chi connectivity index (χ0v) is 19.5. The zero-order valence-electron chi connectivity index (χ0n) is 18.0. The fourth-order valence-corrected chi connectivity index (χ4v) is 4.13. The van der Waals surface area contributed by atoms with E-state index >= 15 is 0 Å². The summed E-state index contributed by atoms with van der Waals surface area (Å²) in [5, 5.41) is 1.05. The summed E-state index contributed by atoms with van der Waals surface area (Å²) in [7, 11) is 3.14. The van der Waals surface area contributed by atoms with E-state index in [-0.39, 0.29) is 5.91 Å². The molecule has 1 heterocycles. The van der Waals surface area contributed by atoms with Gasteiger partial charge in [0.25, 0.3) is 5.91 Å². The predicted octanol–water partition coefficient (Wildman–Crippen LogP) is 5.64. The van der Waals surface area contributed by atoms with Crippen molar-refractivity contribution in [1.29, 1.82) is 0 Å². The Morgan fingerprint density at radius 1 is 1.06 bits per heavy atom. The van der Waals surface area contributed by atoms with Gasteiger partial charge in [-0.25, -0.2) is 4.99 Å². The Bertz CT molecular complexity index is 1020. The van der Waals surface area contributed by atoms with E-state index in [1.807, 2.05) is 25.1 Å². The number of hydrogen-bond acceptors (Lipinski definition) is 6. The molecule has 0 saturated heterocycles. The maximum atomic E-state index is 13.3. The molecular weight excluding hydrogens is 436 g/mol. The number of methoxy groups -OCH3 is 2. The van der Waals surface area contributed by atoms with Gasteiger partial charge in [0.1, 0.15) is 11.4 Å². The largest absolute Gasteiger partial charge is 0.495 e. The fourth-order valence-electron chi connectivity index (χ4n) is 3.02. The molecule has 0 fully saturated rings. The molecule has 164 valence electrons. The van der Waals surface area contributed by atoms with Crippen LogP contribution in [0.25, 0.3) is 6.08 Å². The van der Waals surface area contributed by atoms with Crippen molar-refractivity contribution in [3.8, 4) is 17.2 Å². The molecule has 0 radical (unpaired) electrons. The molecule has 8 heteroatoms. The molecule has 1 aliphatic rings. The number of benzene rings is 2. The number of amides is 1. The molecule has 6 nitrogen and oxygen atoms in total. The van der Waals surface area contributed by atoms with Crippen LogP contribution in [0, 0.1) is 0 Å². The molecule has 1 aliphatic heterocycles. The van der Waals surface area contributed by atoms with Crippen molar-refractivity contribution in [3.63, 3.8) is 0 Å². The van der Waals surface area contributed by atoms with Crippen LogP contribution in [0.1, 0.15) is 25.8 Å². The summed E-state index contributed by atoms with van der Waals surface area (Å²) >= 11 is 7.83. The lowest BCUT2D eigenvalue weighted by molar-refractivity contribution is -0.113. The molecule has 0 aromatic heterocycles. The van der Waals surface area contributed by atoms with Crippen LogP contribution in [-0.2, 0) is 4.79 Å². The number of rotatable bonds is 8. The Morgan fingerprint density at radius 3 is 2.45 bits per heavy atom. The minimum atomic E-state index is -0.215. The van der Waals surface area contributed by atoms with Gasteiger partial charge in [-0.05, 0) is 55.3 Å². The summed E-state index contributed by atoms with van der Waals surface area (Å²) in [6.45, 7) is 4.54. The van der Waals surface area contributed by atoms with Crippen molar-refractivity contribution >= 4 is 46.2 Å². The second-order valence-corrected chi connectivity index (χ2v) is 8.04. The third-order valence-electron chi connectivity index (χ3n) is 4.45. The fraction of sp³-hybridized carbons (Fsp3) is 0.304. The minimum Gasteiger partial charge on any atom is -0.495 e. The molecular formula is C23H25ClN2O4S. The Kier molecular flexibility index (Phi) is 7.87. The summed E-state index contributed by atoms with van der Waals surface area (Å²) in [5.74, 6) is 2.44. The highest BCUT2D eigenvalue weighted by atomic mass is 35.5. The number of anilines is 1. The summed E-state index contributed by atoms with van der Waals surface area (Å²) in [4.78, 5) is 19.5. The van der Waals surface area contributed by atoms with Gasteiger partial charge in [0, 0.05) is 5.75 Å². The molecule has 0 aliphatic carbocycles. The average Bonchev–Trinajstić information content (AvgIpc) is 3.08. The first-order valence-corrected chi connectivity index (χ1v) is 11.3. The van der Waals surface area contributed by atoms with Gasteiger partial charge < -0.3 is 14.2 Å². The summed E-state index contributed by atoms with van der Waals surface area (Å²) < 4.78 is 16.2. The van der Waals surface area contributed by atoms with Gasteiger partial charge in [0.05, 0.1) is 31.5 Å². The molecule has 1 amide bonds. The highest BCUT2D eigenvalue weighted by Crippen LogP contribution is 2.35. The van der Waals surface area contributed by atoms with Crippen LogP contribution >= 0.6 is 23.4 Å². The highest BCUT2D eigenvalue weighted by molar-refractivity contribution is 8.14. The third-order valence-corrected chi connectivity index (χ3v) is 5.89. The number of thioether (sulfide) groups is 1. The molecule has 0 atom stereocenters. The first-order chi connectivity index (χ1) is 15.0. The van der Waals surface area contributed by atoms with Crippen molar-refractivity contribution in [2.45, 2.75) is 20.3 Å². The maximum Gasteiger partial charge on any atom is 0.283 e. The van der Waals surface area contributed by atoms with Gasteiger partial charge in [0.2, 0.25) is 0 Å². The van der Waals surface area contributed by atoms with Crippen LogP contribution < -0.4 is 19.1 Å². The van der Waals surface area contributed by atoms with Crippen molar-refractivity contribution in [2.24, 2.45) is 4.99 Å². The van der Waals surface area contributed by atoms with E-state index < -0.39 is 0 Å². The molecule has 0 saturated carbocycles. The van der Waals surface area contributed by atoms with Crippen LogP contribution in [0.2, 0.25) is 5.02 Å². The van der Waals surface area contributed by atoms with Crippen molar-refractivity contribution in [2.75, 3.05) is 31.5 Å². The van der Waals surface area contributed by atoms with Crippen molar-refractivity contribution < 1.29 is 19.0 Å². The van der Waals surface area contributed by atoms with E-state index in [4.69, 9.17) is 25.8 Å². The molecule has 2 aromatic carbocycles. The predicted molar refractivity (Wildman–Crippen MR) is 128 cm³/mol. The number of hydrogen-bond donors (Lipinski definition) is 0. The van der Waals surface area contributed by atoms with E-state index in [1.54, 1.807) is 43.4 Å². The van der Waals surface area contributed by atoms with Gasteiger partial charge in [-0.2, -0.15) is 0 Å². The summed E-state index contributed by atoms with van der Waals surface area (Å²) in [6.07, 6.45) is 2.71. The molecule has 31 heavy (non-hydrogen) atoms. The zero-order chi connectivity index (χ0) is 22.4. The van der Waals surface area contributed by atoms with Crippen LogP contribution in [0.5, 0.6) is 17.2 Å². The number of aliphatic imine (C=N–C) groups is 1. The SMILES string of the molecule is CCCSC1=N/C(=C\c2ccc(OCC)c(OC)c2)C(=O)N1c1ccc(OC)c(Cl)c1. The lowest BCUT2D eigenvalue weighted by atomic mass is 10.1. The number of halogens is 1. The van der Waals surface area contributed by atoms with Gasteiger partial charge in [-0.3, -0.25) is 9.69 Å². The number of carbonyl (C=O) groups is 1. The van der Waals surface area contributed by atoms with Gasteiger partial charge in [-0.1, -0.05) is 36.4 Å². The monoisotopic (exact) mass is 460 g/mol. The molecule has 3 rings (SSSR count). The summed E-state index contributed by atoms with van der Waals surface area (Å²) in [6, 6.07) is 10.8. The van der Waals surface area contributed by atoms with E-state index in [0.717, 1.165) is 17.7 Å². The Hall–Kier alpha value is -2.64. The summed E-state index contributed by atoms with van der Waals surface area (Å²) in [5.41, 5.74) is 1.78. The van der Waals surface area contributed by atoms with Gasteiger partial charge in [0.15, 0.2) is 16.7 Å². The van der Waals surface area contributed by atoms with Gasteiger partial charge >= 0.3 is 0 Å². The average molecular weight is 461 g/mol. The first kappa shape index (κ1) is 23.0. The second kappa shape index (κ2) is 10.6. The number of nitrogens with zero attached hydrogens (tertiary/aromatic N) is 2. The Labute approximate surface area is 191 Å². The topological polar surface area (TPSA) is 60.4 Å². The highest BCUT2D eigenvalue weighted by Gasteiger charge is 2.32. The van der Waals surface area contributed by atoms with E-state index in [1.165, 1.54) is 11.8 Å². The molecule has 0 bridgehead atoms. The normalized spacial score (nSPS) is 14.7. The lowest BCUT2D eigenvalue weighted by Crippen LogP contribution is -2.30. The van der Waals surface area contributed by atoms with Crippen LogP contribution in [-0.4, -0.2) is 37.7 Å². The number of ether oxygens (including phenoxy) is 3. The van der Waals surface area contributed by atoms with E-state index in [9.17, 15) is 4.79 Å². The van der Waals surface area contributed by atoms with Crippen LogP contribution in [0.3, 0.4) is 0 Å². The first-order valence-electron chi connectivity index (χ1n) is 9.94. The lowest BCUT2D eigenvalue weighted by Gasteiger charge is -2.18. The quantitative estimate of drug-likeness (QED) is 0.477. The third kappa shape index (κ3) is 5.17. The van der Waals surface area contributed by atoms with Crippen LogP contribution in [0.15, 0.2) is 47.1 Å². The Balaban J connectivity index is 1.97. The minimum absolute atomic E-state index is 0.215. The van der Waals surface area contributed by atoms with Crippen LogP contribution in [0.4, 0.5) is 5.69 Å². The molecule has 0 N–H and O–H groups in total. The number of amidine groups is 1. The van der Waals surface area contributed by atoms with E-state index in [0.29, 0.717) is 45.4 Å². The smallest absolute Gasteiger partial charge is 0.283 e. The molecule has 2 aromatic rings. The van der Waals surface area contributed by atoms with Crippen molar-refractivity contribution in [3.05, 3.63) is 52.7 Å². The van der Waals surface area contributed by atoms with E-state index in [2.05, 4.69) is 11.9 Å². The molecule has 0 unspecified atom stereocenters. The van der Waals surface area contributed by atoms with Gasteiger partial charge in [-0.15, -0.1) is 0 Å². The van der Waals surface area contributed by atoms with Crippen molar-refractivity contribution in [1.82, 2.24) is 0 Å². The Morgan fingerprint density at radius 2 is 1.81 bits per heavy atom.